The molecule has 0 amide bonds. The lowest BCUT2D eigenvalue weighted by atomic mass is 9.74. The molecule has 1 aromatic heterocycles. The van der Waals surface area contributed by atoms with Gasteiger partial charge in [0.15, 0.2) is 5.78 Å². The Morgan fingerprint density at radius 2 is 1.50 bits per heavy atom. The summed E-state index contributed by atoms with van der Waals surface area (Å²) >= 11 is 0. The van der Waals surface area contributed by atoms with Gasteiger partial charge in [-0.1, -0.05) is 54.6 Å². The van der Waals surface area contributed by atoms with Gasteiger partial charge in [-0.25, -0.2) is 9.79 Å². The lowest BCUT2D eigenvalue weighted by Crippen LogP contribution is -2.43. The van der Waals surface area contributed by atoms with Crippen LogP contribution in [0.3, 0.4) is 0 Å². The smallest absolute Gasteiger partial charge is 0.332 e. The molecule has 7 heteroatoms. The van der Waals surface area contributed by atoms with E-state index in [-0.39, 0.29) is 11.6 Å². The van der Waals surface area contributed by atoms with Crippen LogP contribution in [-0.4, -0.2) is 27.7 Å². The Bertz CT molecular complexity index is 1690. The molecule has 0 saturated carbocycles. The zero-order chi connectivity index (χ0) is 23.7. The molecule has 0 radical (unpaired) electrons. The summed E-state index contributed by atoms with van der Waals surface area (Å²) in [5, 5.41) is 1.85. The molecule has 1 aliphatic heterocycles. The largest absolute Gasteiger partial charge is 0.496 e. The van der Waals surface area contributed by atoms with E-state index in [1.165, 1.54) is 11.6 Å². The highest BCUT2D eigenvalue weighted by Gasteiger charge is 2.49. The van der Waals surface area contributed by atoms with Crippen LogP contribution >= 0.6 is 0 Å². The van der Waals surface area contributed by atoms with Crippen molar-refractivity contribution in [1.29, 1.82) is 0 Å². The number of ketones is 1. The van der Waals surface area contributed by atoms with Gasteiger partial charge in [-0.2, -0.15) is 0 Å². The molecule has 0 spiro atoms. The first kappa shape index (κ1) is 20.4. The summed E-state index contributed by atoms with van der Waals surface area (Å²) < 4.78 is 8.24. The predicted molar refractivity (Wildman–Crippen MR) is 130 cm³/mol. The molecule has 0 unspecified atom stereocenters. The van der Waals surface area contributed by atoms with E-state index in [1.54, 1.807) is 20.2 Å². The van der Waals surface area contributed by atoms with Crippen molar-refractivity contribution in [3.05, 3.63) is 104 Å². The van der Waals surface area contributed by atoms with Crippen LogP contribution in [0.15, 0.2) is 75.2 Å². The van der Waals surface area contributed by atoms with E-state index < -0.39 is 23.1 Å². The second kappa shape index (κ2) is 7.12. The van der Waals surface area contributed by atoms with Crippen LogP contribution in [0.5, 0.6) is 5.75 Å². The van der Waals surface area contributed by atoms with Gasteiger partial charge >= 0.3 is 5.69 Å². The number of rotatable bonds is 2. The second-order valence-corrected chi connectivity index (χ2v) is 8.71. The molecular weight excluding hydrogens is 430 g/mol. The van der Waals surface area contributed by atoms with E-state index in [0.29, 0.717) is 22.6 Å². The van der Waals surface area contributed by atoms with Gasteiger partial charge in [0.05, 0.1) is 24.3 Å². The van der Waals surface area contributed by atoms with Gasteiger partial charge in [0.1, 0.15) is 11.6 Å². The second-order valence-electron chi connectivity index (χ2n) is 8.71. The van der Waals surface area contributed by atoms with Crippen molar-refractivity contribution in [3.8, 4) is 5.75 Å². The highest BCUT2D eigenvalue weighted by Crippen LogP contribution is 2.50. The minimum Gasteiger partial charge on any atom is -0.496 e. The molecule has 34 heavy (non-hydrogen) atoms. The van der Waals surface area contributed by atoms with Gasteiger partial charge in [0.25, 0.3) is 5.56 Å². The number of fused-ring (bicyclic) bond motifs is 5. The molecule has 2 atom stereocenters. The SMILES string of the molecule is COc1ccc2ccccc2c1[C@@H]1c2c(n(C)c(=O)n(C)c2=O)N=C2c3ccccc3C(=O)[C@H]21. The molecular formula is C27H21N3O4. The number of nitrogens with zero attached hydrogens (tertiary/aromatic N) is 3. The molecule has 0 bridgehead atoms. The summed E-state index contributed by atoms with van der Waals surface area (Å²) in [7, 11) is 4.63. The Balaban J connectivity index is 1.80. The van der Waals surface area contributed by atoms with E-state index in [4.69, 9.17) is 9.73 Å². The predicted octanol–water partition coefficient (Wildman–Crippen LogP) is 3.32. The van der Waals surface area contributed by atoms with Gasteiger partial charge in [0, 0.05) is 36.7 Å². The fraction of sp³-hybridized carbons (Fsp3) is 0.185. The molecule has 4 aromatic rings. The number of benzene rings is 3. The number of hydrogen-bond acceptors (Lipinski definition) is 5. The Morgan fingerprint density at radius 1 is 0.794 bits per heavy atom. The highest BCUT2D eigenvalue weighted by atomic mass is 16.5. The molecule has 168 valence electrons. The summed E-state index contributed by atoms with van der Waals surface area (Å²) in [5.74, 6) is -0.598. The first-order valence-corrected chi connectivity index (χ1v) is 11.0. The van der Waals surface area contributed by atoms with Crippen LogP contribution in [0.2, 0.25) is 0 Å². The monoisotopic (exact) mass is 451 g/mol. The van der Waals surface area contributed by atoms with E-state index in [0.717, 1.165) is 26.5 Å². The van der Waals surface area contributed by atoms with Crippen molar-refractivity contribution in [2.45, 2.75) is 5.92 Å². The molecule has 7 nitrogen and oxygen atoms in total. The molecule has 2 aliphatic rings. The van der Waals surface area contributed by atoms with E-state index in [1.807, 2.05) is 54.6 Å². The first-order chi connectivity index (χ1) is 16.4. The van der Waals surface area contributed by atoms with E-state index in [2.05, 4.69) is 0 Å². The van der Waals surface area contributed by atoms with Crippen LogP contribution < -0.4 is 16.0 Å². The quantitative estimate of drug-likeness (QED) is 0.468. The fourth-order valence-corrected chi connectivity index (χ4v) is 5.45. The third-order valence-corrected chi connectivity index (χ3v) is 7.05. The normalized spacial score (nSPS) is 18.3. The van der Waals surface area contributed by atoms with Crippen molar-refractivity contribution in [2.24, 2.45) is 25.0 Å². The molecule has 2 heterocycles. The van der Waals surface area contributed by atoms with E-state index in [9.17, 15) is 14.4 Å². The van der Waals surface area contributed by atoms with Crippen LogP contribution in [0.4, 0.5) is 5.82 Å². The number of aromatic nitrogens is 2. The van der Waals surface area contributed by atoms with Crippen molar-refractivity contribution in [3.63, 3.8) is 0 Å². The lowest BCUT2D eigenvalue weighted by Gasteiger charge is -2.31. The number of carbonyl (C=O) groups excluding carboxylic acids is 1. The number of ether oxygens (including phenoxy) is 1. The number of methoxy groups -OCH3 is 1. The van der Waals surface area contributed by atoms with Gasteiger partial charge in [0.2, 0.25) is 0 Å². The number of aliphatic imine (C=N–C) groups is 1. The van der Waals surface area contributed by atoms with Crippen LogP contribution in [0.1, 0.15) is 33.0 Å². The zero-order valence-electron chi connectivity index (χ0n) is 18.9. The number of Topliss-reactive ketones (excluding diaryl/α,β-unsaturated/α-hetero) is 1. The average Bonchev–Trinajstić information content (AvgIpc) is 3.16. The van der Waals surface area contributed by atoms with Gasteiger partial charge in [-0.15, -0.1) is 0 Å². The third-order valence-electron chi connectivity index (χ3n) is 7.05. The summed E-state index contributed by atoms with van der Waals surface area (Å²) in [6.45, 7) is 0. The van der Waals surface area contributed by atoms with Gasteiger partial charge in [-0.3, -0.25) is 18.7 Å². The summed E-state index contributed by atoms with van der Waals surface area (Å²) in [4.78, 5) is 45.0. The Kier molecular flexibility index (Phi) is 4.26. The van der Waals surface area contributed by atoms with Crippen LogP contribution in [-0.2, 0) is 14.1 Å². The summed E-state index contributed by atoms with van der Waals surface area (Å²) in [6, 6.07) is 19.0. The maximum atomic E-state index is 13.8. The topological polar surface area (TPSA) is 82.7 Å². The Labute approximate surface area is 194 Å². The van der Waals surface area contributed by atoms with Crippen molar-refractivity contribution in [1.82, 2.24) is 9.13 Å². The van der Waals surface area contributed by atoms with Gasteiger partial charge < -0.3 is 4.74 Å². The van der Waals surface area contributed by atoms with Crippen molar-refractivity contribution < 1.29 is 9.53 Å². The molecule has 0 N–H and O–H groups in total. The molecule has 6 rings (SSSR count). The summed E-state index contributed by atoms with van der Waals surface area (Å²) in [5.41, 5.74) is 2.05. The fourth-order valence-electron chi connectivity index (χ4n) is 5.45. The zero-order valence-corrected chi connectivity index (χ0v) is 18.9. The molecule has 0 fully saturated rings. The van der Waals surface area contributed by atoms with Crippen LogP contribution in [0.25, 0.3) is 10.8 Å². The molecule has 0 saturated heterocycles. The average molecular weight is 451 g/mol. The van der Waals surface area contributed by atoms with Crippen LogP contribution in [0, 0.1) is 5.92 Å². The third kappa shape index (κ3) is 2.52. The lowest BCUT2D eigenvalue weighted by molar-refractivity contribution is 0.0953. The summed E-state index contributed by atoms with van der Waals surface area (Å²) in [6.07, 6.45) is 0. The number of carbonyl (C=O) groups is 1. The minimum absolute atomic E-state index is 0.0871. The molecule has 1 aliphatic carbocycles. The van der Waals surface area contributed by atoms with Gasteiger partial charge in [-0.05, 0) is 16.8 Å². The van der Waals surface area contributed by atoms with E-state index >= 15 is 0 Å². The number of hydrogen-bond donors (Lipinski definition) is 0. The Morgan fingerprint density at radius 3 is 2.26 bits per heavy atom. The van der Waals surface area contributed by atoms with Crippen molar-refractivity contribution in [2.75, 3.05) is 7.11 Å². The maximum absolute atomic E-state index is 13.8. The standard InChI is InChI=1S/C27H21N3O4/c1-29-25-22(26(32)30(2)27(29)33)20(19-15-9-5-4-8-14(15)12-13-18(19)34-3)21-23(28-25)16-10-6-7-11-17(16)24(21)31/h4-13,20-21H,1-3H3/t20-,21-/m0/s1. The minimum atomic E-state index is -0.699. The van der Waals surface area contributed by atoms with Crippen molar-refractivity contribution >= 4 is 28.1 Å². The highest BCUT2D eigenvalue weighted by molar-refractivity contribution is 6.30. The first-order valence-electron chi connectivity index (χ1n) is 11.0. The molecule has 3 aromatic carbocycles. The maximum Gasteiger partial charge on any atom is 0.332 e. The Hall–Kier alpha value is -4.26.